The third-order valence-electron chi connectivity index (χ3n) is 2.72. The molecule has 0 aliphatic carbocycles. The van der Waals surface area contributed by atoms with E-state index in [9.17, 15) is 4.79 Å². The third-order valence-corrected chi connectivity index (χ3v) is 2.72. The molecule has 0 N–H and O–H groups in total. The molecule has 0 rings (SSSR count). The Morgan fingerprint density at radius 1 is 1.00 bits per heavy atom. The lowest BCUT2D eigenvalue weighted by atomic mass is 10.1. The Hall–Kier alpha value is 0.160. The topological polar surface area (TPSA) is 26.3 Å². The van der Waals surface area contributed by atoms with Crippen molar-refractivity contribution in [1.29, 1.82) is 0 Å². The molecule has 0 aromatic rings. The Bertz CT molecular complexity index is 202. The fourth-order valence-corrected chi connectivity index (χ4v) is 1.67. The van der Waals surface area contributed by atoms with Crippen LogP contribution in [0.25, 0.3) is 0 Å². The van der Waals surface area contributed by atoms with E-state index in [-0.39, 0.29) is 29.9 Å². The summed E-state index contributed by atoms with van der Waals surface area (Å²) < 4.78 is 6.12. The molecule has 0 bridgehead atoms. The van der Waals surface area contributed by atoms with Crippen molar-refractivity contribution >= 4 is 5.97 Å². The van der Waals surface area contributed by atoms with Crippen molar-refractivity contribution in [1.82, 2.24) is 0 Å². The summed E-state index contributed by atoms with van der Waals surface area (Å²) in [6.07, 6.45) is 7.44. The van der Waals surface area contributed by atoms with Gasteiger partial charge in [-0.05, 0) is 6.42 Å². The molecule has 0 saturated carbocycles. The zero-order valence-corrected chi connectivity index (χ0v) is 14.7. The van der Waals surface area contributed by atoms with Crippen LogP contribution in [0.2, 0.25) is 0 Å². The van der Waals surface area contributed by atoms with E-state index in [2.05, 4.69) is 28.1 Å². The Morgan fingerprint density at radius 3 is 2.17 bits per heavy atom. The summed E-state index contributed by atoms with van der Waals surface area (Å²) in [5, 5.41) is 0. The minimum atomic E-state index is -0.0251. The van der Waals surface area contributed by atoms with E-state index in [4.69, 9.17) is 4.74 Å². The molecule has 3 nitrogen and oxygen atoms in total. The van der Waals surface area contributed by atoms with Crippen molar-refractivity contribution in [3.63, 3.8) is 0 Å². The van der Waals surface area contributed by atoms with Gasteiger partial charge < -0.3 is 33.2 Å². The molecule has 0 aliphatic heterocycles. The second-order valence-corrected chi connectivity index (χ2v) is 5.75. The molecule has 0 saturated heterocycles. The average Bonchev–Trinajstić information content (AvgIpc) is 2.23. The van der Waals surface area contributed by atoms with Gasteiger partial charge in [-0.25, -0.2) is 0 Å². The molecule has 0 aliphatic rings. The van der Waals surface area contributed by atoms with Crippen LogP contribution in [0, 0.1) is 0 Å². The second kappa shape index (κ2) is 12.2. The van der Waals surface area contributed by atoms with Gasteiger partial charge >= 0.3 is 5.97 Å². The summed E-state index contributed by atoms with van der Waals surface area (Å²) in [5.74, 6) is -0.0251. The van der Waals surface area contributed by atoms with Crippen molar-refractivity contribution in [2.24, 2.45) is 0 Å². The number of hydrogen-bond acceptors (Lipinski definition) is 2. The van der Waals surface area contributed by atoms with Gasteiger partial charge in [0.2, 0.25) is 0 Å². The van der Waals surface area contributed by atoms with Gasteiger partial charge in [0.1, 0.15) is 0 Å². The normalized spacial score (nSPS) is 10.9. The molecule has 0 spiro atoms. The quantitative estimate of drug-likeness (QED) is 0.234. The molecule has 0 heterocycles. The van der Waals surface area contributed by atoms with Gasteiger partial charge in [-0.1, -0.05) is 32.6 Å². The van der Waals surface area contributed by atoms with Crippen LogP contribution in [0.3, 0.4) is 0 Å². The highest BCUT2D eigenvalue weighted by Gasteiger charge is 2.07. The highest BCUT2D eigenvalue weighted by atomic mass is 127. The lowest BCUT2D eigenvalue weighted by molar-refractivity contribution is -0.870. The van der Waals surface area contributed by atoms with Gasteiger partial charge in [-0.15, -0.1) is 0 Å². The van der Waals surface area contributed by atoms with Crippen LogP contribution in [-0.2, 0) is 9.53 Å². The Labute approximate surface area is 130 Å². The smallest absolute Gasteiger partial charge is 0.305 e. The number of rotatable bonds is 10. The zero-order valence-electron chi connectivity index (χ0n) is 12.5. The molecular weight excluding hydrogens is 341 g/mol. The number of carbonyl (C=O) groups is 1. The molecule has 0 aromatic carbocycles. The Kier molecular flexibility index (Phi) is 13.9. The first-order valence-electron chi connectivity index (χ1n) is 6.92. The maximum absolute atomic E-state index is 11.4. The SMILES string of the molecule is CCCCCCCC(=O)OCCC[N+](C)(C)C.[I-]. The summed E-state index contributed by atoms with van der Waals surface area (Å²) >= 11 is 0. The highest BCUT2D eigenvalue weighted by molar-refractivity contribution is 5.69. The number of unbranched alkanes of at least 4 members (excludes halogenated alkanes) is 4. The minimum absolute atomic E-state index is 0. The highest BCUT2D eigenvalue weighted by Crippen LogP contribution is 2.06. The number of esters is 1. The Balaban J connectivity index is 0. The van der Waals surface area contributed by atoms with Gasteiger partial charge in [-0.2, -0.15) is 0 Å². The van der Waals surface area contributed by atoms with E-state index in [1.807, 2.05) is 0 Å². The number of quaternary nitrogens is 1. The van der Waals surface area contributed by atoms with Crippen molar-refractivity contribution in [2.45, 2.75) is 51.9 Å². The molecule has 0 unspecified atom stereocenters. The number of ether oxygens (including phenoxy) is 1. The van der Waals surface area contributed by atoms with E-state index < -0.39 is 0 Å². The zero-order chi connectivity index (χ0) is 13.1. The summed E-state index contributed by atoms with van der Waals surface area (Å²) in [6, 6.07) is 0. The maximum Gasteiger partial charge on any atom is 0.305 e. The molecule has 18 heavy (non-hydrogen) atoms. The largest absolute Gasteiger partial charge is 1.00 e. The first-order chi connectivity index (χ1) is 7.95. The standard InChI is InChI=1S/C14H30NO2.HI/c1-5-6-7-8-9-11-14(16)17-13-10-12-15(2,3)4;/h5-13H2,1-4H3;1H/q+1;/p-1. The molecule has 0 aromatic heterocycles. The van der Waals surface area contributed by atoms with E-state index >= 15 is 0 Å². The second-order valence-electron chi connectivity index (χ2n) is 5.75. The van der Waals surface area contributed by atoms with Crippen LogP contribution in [0.1, 0.15) is 51.9 Å². The van der Waals surface area contributed by atoms with E-state index in [0.717, 1.165) is 30.3 Å². The van der Waals surface area contributed by atoms with Crippen LogP contribution in [0.15, 0.2) is 0 Å². The molecular formula is C14H30INO2. The Morgan fingerprint density at radius 2 is 1.61 bits per heavy atom. The molecule has 0 radical (unpaired) electrons. The van der Waals surface area contributed by atoms with Gasteiger partial charge in [-0.3, -0.25) is 4.79 Å². The van der Waals surface area contributed by atoms with E-state index in [1.165, 1.54) is 19.3 Å². The van der Waals surface area contributed by atoms with Crippen LogP contribution in [-0.4, -0.2) is 44.7 Å². The van der Waals surface area contributed by atoms with Crippen molar-refractivity contribution in [3.8, 4) is 0 Å². The van der Waals surface area contributed by atoms with Crippen molar-refractivity contribution in [2.75, 3.05) is 34.3 Å². The molecule has 4 heteroatoms. The number of nitrogens with zero attached hydrogens (tertiary/aromatic N) is 1. The lowest BCUT2D eigenvalue weighted by Gasteiger charge is -2.23. The van der Waals surface area contributed by atoms with Crippen LogP contribution >= 0.6 is 0 Å². The van der Waals surface area contributed by atoms with Gasteiger partial charge in [0.05, 0.1) is 34.3 Å². The summed E-state index contributed by atoms with van der Waals surface area (Å²) in [7, 11) is 6.45. The number of carbonyl (C=O) groups excluding carboxylic acids is 1. The van der Waals surface area contributed by atoms with Gasteiger partial charge in [0.25, 0.3) is 0 Å². The number of hydrogen-bond donors (Lipinski definition) is 0. The molecule has 0 fully saturated rings. The van der Waals surface area contributed by atoms with Crippen LogP contribution < -0.4 is 24.0 Å². The lowest BCUT2D eigenvalue weighted by Crippen LogP contribution is -3.00. The molecule has 0 atom stereocenters. The maximum atomic E-state index is 11.4. The summed E-state index contributed by atoms with van der Waals surface area (Å²) in [4.78, 5) is 11.4. The van der Waals surface area contributed by atoms with Crippen LogP contribution in [0.5, 0.6) is 0 Å². The fraction of sp³-hybridized carbons (Fsp3) is 0.929. The van der Waals surface area contributed by atoms with E-state index in [0.29, 0.717) is 13.0 Å². The van der Waals surface area contributed by atoms with Crippen LogP contribution in [0.4, 0.5) is 0 Å². The minimum Gasteiger partial charge on any atom is -1.00 e. The fourth-order valence-electron chi connectivity index (χ4n) is 1.67. The van der Waals surface area contributed by atoms with Crippen molar-refractivity contribution < 1.29 is 38.0 Å². The summed E-state index contributed by atoms with van der Waals surface area (Å²) in [6.45, 7) is 3.81. The summed E-state index contributed by atoms with van der Waals surface area (Å²) in [5.41, 5.74) is 0. The van der Waals surface area contributed by atoms with Gasteiger partial charge in [0, 0.05) is 12.8 Å². The first kappa shape index (κ1) is 20.5. The predicted molar refractivity (Wildman–Crippen MR) is 71.9 cm³/mol. The average molecular weight is 371 g/mol. The predicted octanol–water partition coefficient (Wildman–Crippen LogP) is -0.00960. The monoisotopic (exact) mass is 371 g/mol. The molecule has 0 amide bonds. The van der Waals surface area contributed by atoms with Crippen molar-refractivity contribution in [3.05, 3.63) is 0 Å². The first-order valence-corrected chi connectivity index (χ1v) is 6.92. The molecule has 110 valence electrons. The number of halogens is 1. The van der Waals surface area contributed by atoms with E-state index in [1.54, 1.807) is 0 Å². The third kappa shape index (κ3) is 16.2. The van der Waals surface area contributed by atoms with Gasteiger partial charge in [0.15, 0.2) is 0 Å².